The molecule has 1 saturated heterocycles. The first-order valence-corrected chi connectivity index (χ1v) is 6.66. The summed E-state index contributed by atoms with van der Waals surface area (Å²) in [5.41, 5.74) is 5.53. The van der Waals surface area contributed by atoms with Crippen molar-refractivity contribution in [2.75, 3.05) is 37.7 Å². The van der Waals surface area contributed by atoms with E-state index >= 15 is 0 Å². The lowest BCUT2D eigenvalue weighted by molar-refractivity contribution is -0.121. The number of carbonyl (C=O) groups excluding carboxylic acids is 1. The number of nitrogens with one attached hydrogen (secondary N) is 1. The highest BCUT2D eigenvalue weighted by atomic mass is 32.2. The van der Waals surface area contributed by atoms with Crippen molar-refractivity contribution in [2.45, 2.75) is 19.4 Å². The molecule has 1 aliphatic heterocycles. The molecule has 1 fully saturated rings. The maximum Gasteiger partial charge on any atom is 0.221 e. The third kappa shape index (κ3) is 6.02. The van der Waals surface area contributed by atoms with Gasteiger partial charge in [0.05, 0.1) is 0 Å². The van der Waals surface area contributed by atoms with E-state index in [0.717, 1.165) is 26.2 Å². The van der Waals surface area contributed by atoms with E-state index < -0.39 is 0 Å². The van der Waals surface area contributed by atoms with Crippen molar-refractivity contribution in [1.82, 2.24) is 10.2 Å². The monoisotopic (exact) mass is 231 g/mol. The fraction of sp³-hybridized carbons (Fsp3) is 0.900. The SMILES string of the molecule is CC(N)CC(=O)NCCN1CCSCC1. The average molecular weight is 231 g/mol. The zero-order chi connectivity index (χ0) is 11.1. The molecular formula is C10H21N3OS. The molecule has 0 aromatic carbocycles. The zero-order valence-electron chi connectivity index (χ0n) is 9.37. The van der Waals surface area contributed by atoms with Gasteiger partial charge in [-0.15, -0.1) is 0 Å². The minimum absolute atomic E-state index is 0.0450. The normalized spacial score (nSPS) is 19.9. The van der Waals surface area contributed by atoms with Crippen LogP contribution in [0.3, 0.4) is 0 Å². The van der Waals surface area contributed by atoms with E-state index in [2.05, 4.69) is 10.2 Å². The molecule has 0 aromatic rings. The van der Waals surface area contributed by atoms with Gasteiger partial charge in [-0.05, 0) is 6.92 Å². The van der Waals surface area contributed by atoms with Gasteiger partial charge in [-0.3, -0.25) is 9.69 Å². The van der Waals surface area contributed by atoms with Gasteiger partial charge in [0.1, 0.15) is 0 Å². The lowest BCUT2D eigenvalue weighted by Crippen LogP contribution is -2.40. The van der Waals surface area contributed by atoms with E-state index in [9.17, 15) is 4.79 Å². The molecule has 0 bridgehead atoms. The summed E-state index contributed by atoms with van der Waals surface area (Å²) in [6.07, 6.45) is 0.426. The molecule has 4 nitrogen and oxygen atoms in total. The lowest BCUT2D eigenvalue weighted by atomic mass is 10.2. The van der Waals surface area contributed by atoms with E-state index in [1.807, 2.05) is 18.7 Å². The third-order valence-corrected chi connectivity index (χ3v) is 3.30. The molecular weight excluding hydrogens is 210 g/mol. The van der Waals surface area contributed by atoms with Gasteiger partial charge in [0.15, 0.2) is 0 Å². The van der Waals surface area contributed by atoms with Crippen molar-refractivity contribution < 1.29 is 4.79 Å². The molecule has 0 spiro atoms. The van der Waals surface area contributed by atoms with E-state index in [1.165, 1.54) is 11.5 Å². The maximum atomic E-state index is 11.3. The Morgan fingerprint density at radius 1 is 1.53 bits per heavy atom. The van der Waals surface area contributed by atoms with Gasteiger partial charge in [0.25, 0.3) is 0 Å². The fourth-order valence-corrected chi connectivity index (χ4v) is 2.52. The smallest absolute Gasteiger partial charge is 0.221 e. The second-order valence-electron chi connectivity index (χ2n) is 3.99. The number of nitrogens with two attached hydrogens (primary N) is 1. The molecule has 1 unspecified atom stereocenters. The van der Waals surface area contributed by atoms with Crippen molar-refractivity contribution >= 4 is 17.7 Å². The highest BCUT2D eigenvalue weighted by molar-refractivity contribution is 7.99. The van der Waals surface area contributed by atoms with Crippen molar-refractivity contribution in [2.24, 2.45) is 5.73 Å². The van der Waals surface area contributed by atoms with Crippen LogP contribution in [0.4, 0.5) is 0 Å². The minimum atomic E-state index is -0.0450. The molecule has 1 atom stereocenters. The number of hydrogen-bond acceptors (Lipinski definition) is 4. The second-order valence-corrected chi connectivity index (χ2v) is 5.21. The Hall–Kier alpha value is -0.260. The summed E-state index contributed by atoms with van der Waals surface area (Å²) in [6, 6.07) is -0.0450. The van der Waals surface area contributed by atoms with Gasteiger partial charge in [0.2, 0.25) is 5.91 Å². The summed E-state index contributed by atoms with van der Waals surface area (Å²) < 4.78 is 0. The molecule has 0 aliphatic carbocycles. The summed E-state index contributed by atoms with van der Waals surface area (Å²) in [4.78, 5) is 13.7. The predicted molar refractivity (Wildman–Crippen MR) is 65.0 cm³/mol. The van der Waals surface area contributed by atoms with Crippen LogP contribution in [0, 0.1) is 0 Å². The van der Waals surface area contributed by atoms with Gasteiger partial charge >= 0.3 is 0 Å². The summed E-state index contributed by atoms with van der Waals surface area (Å²) >= 11 is 2.00. The first kappa shape index (κ1) is 12.8. The first-order chi connectivity index (χ1) is 7.18. The Labute approximate surface area is 96.0 Å². The standard InChI is InChI=1S/C10H21N3OS/c1-9(11)8-10(14)12-2-3-13-4-6-15-7-5-13/h9H,2-8,11H2,1H3,(H,12,14). The number of carbonyl (C=O) groups is 1. The van der Waals surface area contributed by atoms with Crippen molar-refractivity contribution in [3.63, 3.8) is 0 Å². The van der Waals surface area contributed by atoms with E-state index in [0.29, 0.717) is 6.42 Å². The van der Waals surface area contributed by atoms with Gasteiger partial charge in [0, 0.05) is 50.1 Å². The first-order valence-electron chi connectivity index (χ1n) is 5.51. The van der Waals surface area contributed by atoms with Crippen LogP contribution in [-0.4, -0.2) is 54.5 Å². The molecule has 0 saturated carbocycles. The molecule has 1 heterocycles. The third-order valence-electron chi connectivity index (χ3n) is 2.36. The van der Waals surface area contributed by atoms with Crippen LogP contribution in [0.2, 0.25) is 0 Å². The molecule has 0 aromatic heterocycles. The highest BCUT2D eigenvalue weighted by Gasteiger charge is 2.10. The van der Waals surface area contributed by atoms with Gasteiger partial charge < -0.3 is 11.1 Å². The number of hydrogen-bond donors (Lipinski definition) is 2. The topological polar surface area (TPSA) is 58.4 Å². The van der Waals surface area contributed by atoms with Crippen LogP contribution in [-0.2, 0) is 4.79 Å². The molecule has 0 radical (unpaired) electrons. The lowest BCUT2D eigenvalue weighted by Gasteiger charge is -2.26. The molecule has 15 heavy (non-hydrogen) atoms. The highest BCUT2D eigenvalue weighted by Crippen LogP contribution is 2.07. The Kier molecular flexibility index (Phi) is 6.05. The Bertz CT molecular complexity index is 193. The van der Waals surface area contributed by atoms with Crippen LogP contribution >= 0.6 is 11.8 Å². The van der Waals surface area contributed by atoms with Crippen LogP contribution in [0.5, 0.6) is 0 Å². The molecule has 88 valence electrons. The number of nitrogens with zero attached hydrogens (tertiary/aromatic N) is 1. The van der Waals surface area contributed by atoms with Crippen molar-refractivity contribution in [3.8, 4) is 0 Å². The molecule has 1 amide bonds. The number of amides is 1. The largest absolute Gasteiger partial charge is 0.355 e. The quantitative estimate of drug-likeness (QED) is 0.693. The van der Waals surface area contributed by atoms with E-state index in [1.54, 1.807) is 0 Å². The van der Waals surface area contributed by atoms with Gasteiger partial charge in [-0.2, -0.15) is 11.8 Å². The van der Waals surface area contributed by atoms with Gasteiger partial charge in [-0.1, -0.05) is 0 Å². The van der Waals surface area contributed by atoms with E-state index in [4.69, 9.17) is 5.73 Å². The summed E-state index contributed by atoms with van der Waals surface area (Å²) in [6.45, 7) is 5.85. The molecule has 1 aliphatic rings. The minimum Gasteiger partial charge on any atom is -0.355 e. The van der Waals surface area contributed by atoms with E-state index in [-0.39, 0.29) is 11.9 Å². The summed E-state index contributed by atoms with van der Waals surface area (Å²) in [5, 5.41) is 2.89. The second kappa shape index (κ2) is 7.09. The van der Waals surface area contributed by atoms with Crippen molar-refractivity contribution in [1.29, 1.82) is 0 Å². The Morgan fingerprint density at radius 3 is 2.80 bits per heavy atom. The predicted octanol–water partition coefficient (Wildman–Crippen LogP) is -0.111. The van der Waals surface area contributed by atoms with Crippen molar-refractivity contribution in [3.05, 3.63) is 0 Å². The molecule has 1 rings (SSSR count). The van der Waals surface area contributed by atoms with Crippen LogP contribution in [0.15, 0.2) is 0 Å². The maximum absolute atomic E-state index is 11.3. The zero-order valence-corrected chi connectivity index (χ0v) is 10.2. The Balaban J connectivity index is 2.02. The summed E-state index contributed by atoms with van der Waals surface area (Å²) in [5.74, 6) is 2.50. The number of rotatable bonds is 5. The Morgan fingerprint density at radius 2 is 2.20 bits per heavy atom. The van der Waals surface area contributed by atoms with Crippen LogP contribution < -0.4 is 11.1 Å². The van der Waals surface area contributed by atoms with Crippen LogP contribution in [0.25, 0.3) is 0 Å². The van der Waals surface area contributed by atoms with Crippen LogP contribution in [0.1, 0.15) is 13.3 Å². The molecule has 3 N–H and O–H groups in total. The van der Waals surface area contributed by atoms with Gasteiger partial charge in [-0.25, -0.2) is 0 Å². The average Bonchev–Trinajstić information content (AvgIpc) is 2.18. The number of thioether (sulfide) groups is 1. The fourth-order valence-electron chi connectivity index (χ4n) is 1.54. The molecule has 5 heteroatoms. The summed E-state index contributed by atoms with van der Waals surface area (Å²) in [7, 11) is 0.